The molecule has 0 radical (unpaired) electrons. The van der Waals surface area contributed by atoms with E-state index in [-0.39, 0.29) is 0 Å². The molecule has 2 rings (SSSR count). The maximum absolute atomic E-state index is 5.69. The lowest BCUT2D eigenvalue weighted by Gasteiger charge is -2.16. The molecule has 1 unspecified atom stereocenters. The topological polar surface area (TPSA) is 24.5 Å². The third-order valence-corrected chi connectivity index (χ3v) is 4.03. The highest BCUT2D eigenvalue weighted by atomic mass is 16.5. The van der Waals surface area contributed by atoms with E-state index in [0.717, 1.165) is 37.6 Å². The minimum Gasteiger partial charge on any atom is -0.380 e. The van der Waals surface area contributed by atoms with Gasteiger partial charge in [-0.2, -0.15) is 0 Å². The van der Waals surface area contributed by atoms with Crippen LogP contribution in [0.2, 0.25) is 0 Å². The summed E-state index contributed by atoms with van der Waals surface area (Å²) in [6.07, 6.45) is 5.36. The van der Waals surface area contributed by atoms with Crippen LogP contribution in [0.25, 0.3) is 0 Å². The molecule has 1 saturated heterocycles. The molecule has 0 aromatic rings. The van der Waals surface area contributed by atoms with Crippen molar-refractivity contribution in [2.24, 2.45) is 11.8 Å². The van der Waals surface area contributed by atoms with E-state index in [4.69, 9.17) is 4.74 Å². The summed E-state index contributed by atoms with van der Waals surface area (Å²) in [5, 5.41) is 3.65. The zero-order valence-corrected chi connectivity index (χ0v) is 12.2. The summed E-state index contributed by atoms with van der Waals surface area (Å²) >= 11 is 0. The van der Waals surface area contributed by atoms with E-state index < -0.39 is 0 Å². The third-order valence-electron chi connectivity index (χ3n) is 4.03. The minimum absolute atomic E-state index is 0.759. The molecule has 106 valence electrons. The second-order valence-electron chi connectivity index (χ2n) is 6.43. The number of nitrogens with one attached hydrogen (secondary N) is 1. The van der Waals surface area contributed by atoms with Gasteiger partial charge in [-0.25, -0.2) is 0 Å². The summed E-state index contributed by atoms with van der Waals surface area (Å²) in [4.78, 5) is 2.56. The summed E-state index contributed by atoms with van der Waals surface area (Å²) < 4.78 is 5.69. The average molecular weight is 254 g/mol. The molecule has 0 amide bonds. The molecule has 1 saturated carbocycles. The molecule has 3 nitrogen and oxygen atoms in total. The maximum atomic E-state index is 5.69. The van der Waals surface area contributed by atoms with Gasteiger partial charge in [-0.3, -0.25) is 0 Å². The van der Waals surface area contributed by atoms with E-state index in [1.807, 2.05) is 0 Å². The summed E-state index contributed by atoms with van der Waals surface area (Å²) in [5.74, 6) is 1.64. The highest BCUT2D eigenvalue weighted by Gasteiger charge is 2.25. The Morgan fingerprint density at radius 2 is 2.06 bits per heavy atom. The van der Waals surface area contributed by atoms with Crippen LogP contribution in [0.4, 0.5) is 0 Å². The van der Waals surface area contributed by atoms with Crippen LogP contribution in [0.15, 0.2) is 0 Å². The Hall–Kier alpha value is -0.120. The Morgan fingerprint density at radius 1 is 1.22 bits per heavy atom. The molecule has 0 bridgehead atoms. The van der Waals surface area contributed by atoms with Crippen molar-refractivity contribution >= 4 is 0 Å². The number of ether oxygens (including phenoxy) is 1. The number of hydrogen-bond acceptors (Lipinski definition) is 3. The molecule has 1 heterocycles. The van der Waals surface area contributed by atoms with E-state index in [1.54, 1.807) is 0 Å². The third kappa shape index (κ3) is 5.68. The van der Waals surface area contributed by atoms with Gasteiger partial charge in [0.1, 0.15) is 0 Å². The molecule has 1 N–H and O–H groups in total. The van der Waals surface area contributed by atoms with Crippen molar-refractivity contribution in [3.63, 3.8) is 0 Å². The Bertz CT molecular complexity index is 229. The van der Waals surface area contributed by atoms with Crippen LogP contribution in [-0.4, -0.2) is 50.3 Å². The van der Waals surface area contributed by atoms with Crippen LogP contribution in [0.5, 0.6) is 0 Å². The van der Waals surface area contributed by atoms with E-state index in [0.29, 0.717) is 0 Å². The van der Waals surface area contributed by atoms with Gasteiger partial charge in [0.25, 0.3) is 0 Å². The Balaban J connectivity index is 1.44. The fraction of sp³-hybridized carbons (Fsp3) is 1.00. The molecule has 2 fully saturated rings. The Morgan fingerprint density at radius 3 is 2.78 bits per heavy atom. The molecule has 3 heteroatoms. The summed E-state index contributed by atoms with van der Waals surface area (Å²) in [6.45, 7) is 11.2. The van der Waals surface area contributed by atoms with E-state index >= 15 is 0 Å². The largest absolute Gasteiger partial charge is 0.380 e. The quantitative estimate of drug-likeness (QED) is 0.638. The SMILES string of the molecule is CC(C)CCOCCN1CCC(CNC2CC2)C1. The molecule has 2 aliphatic rings. The van der Waals surface area contributed by atoms with E-state index in [1.165, 1.54) is 45.3 Å². The van der Waals surface area contributed by atoms with Gasteiger partial charge in [0.15, 0.2) is 0 Å². The zero-order valence-electron chi connectivity index (χ0n) is 12.2. The fourth-order valence-corrected chi connectivity index (χ4v) is 2.52. The molecule has 0 aromatic heterocycles. The van der Waals surface area contributed by atoms with Gasteiger partial charge in [-0.05, 0) is 50.6 Å². The average Bonchev–Trinajstić information content (AvgIpc) is 3.06. The first-order valence-corrected chi connectivity index (χ1v) is 7.77. The first kappa shape index (κ1) is 14.3. The van der Waals surface area contributed by atoms with Gasteiger partial charge >= 0.3 is 0 Å². The van der Waals surface area contributed by atoms with Gasteiger partial charge < -0.3 is 15.0 Å². The van der Waals surface area contributed by atoms with Crippen molar-refractivity contribution in [1.29, 1.82) is 0 Å². The van der Waals surface area contributed by atoms with Gasteiger partial charge in [-0.1, -0.05) is 13.8 Å². The standard InChI is InChI=1S/C15H30N2O/c1-13(2)6-9-18-10-8-17-7-5-14(12-17)11-16-15-3-4-15/h13-16H,3-12H2,1-2H3. The minimum atomic E-state index is 0.759. The molecule has 18 heavy (non-hydrogen) atoms. The van der Waals surface area contributed by atoms with Gasteiger partial charge in [0.2, 0.25) is 0 Å². The van der Waals surface area contributed by atoms with Crippen LogP contribution in [0, 0.1) is 11.8 Å². The Kier molecular flexibility index (Phi) is 5.93. The number of rotatable bonds is 9. The van der Waals surface area contributed by atoms with E-state index in [2.05, 4.69) is 24.1 Å². The molecule has 0 aromatic carbocycles. The zero-order chi connectivity index (χ0) is 12.8. The lowest BCUT2D eigenvalue weighted by molar-refractivity contribution is 0.102. The maximum Gasteiger partial charge on any atom is 0.0593 e. The monoisotopic (exact) mass is 254 g/mol. The number of hydrogen-bond donors (Lipinski definition) is 1. The highest BCUT2D eigenvalue weighted by Crippen LogP contribution is 2.21. The molecule has 1 atom stereocenters. The van der Waals surface area contributed by atoms with Crippen LogP contribution in [-0.2, 0) is 4.74 Å². The normalized spacial score (nSPS) is 25.2. The summed E-state index contributed by atoms with van der Waals surface area (Å²) in [7, 11) is 0. The van der Waals surface area contributed by atoms with Crippen LogP contribution >= 0.6 is 0 Å². The van der Waals surface area contributed by atoms with Gasteiger partial charge in [0.05, 0.1) is 6.61 Å². The Labute approximate surface area is 112 Å². The summed E-state index contributed by atoms with van der Waals surface area (Å²) in [5.41, 5.74) is 0. The molecular formula is C15H30N2O. The van der Waals surface area contributed by atoms with Crippen LogP contribution in [0.3, 0.4) is 0 Å². The number of likely N-dealkylation sites (tertiary alicyclic amines) is 1. The fourth-order valence-electron chi connectivity index (χ4n) is 2.52. The smallest absolute Gasteiger partial charge is 0.0593 e. The second-order valence-corrected chi connectivity index (χ2v) is 6.43. The van der Waals surface area contributed by atoms with Crippen molar-refractivity contribution < 1.29 is 4.74 Å². The van der Waals surface area contributed by atoms with E-state index in [9.17, 15) is 0 Å². The van der Waals surface area contributed by atoms with Crippen LogP contribution in [0.1, 0.15) is 39.5 Å². The van der Waals surface area contributed by atoms with Crippen LogP contribution < -0.4 is 5.32 Å². The molecule has 0 spiro atoms. The molecular weight excluding hydrogens is 224 g/mol. The van der Waals surface area contributed by atoms with Gasteiger partial charge in [-0.15, -0.1) is 0 Å². The second kappa shape index (κ2) is 7.46. The van der Waals surface area contributed by atoms with Crippen molar-refractivity contribution in [3.05, 3.63) is 0 Å². The first-order chi connectivity index (χ1) is 8.74. The van der Waals surface area contributed by atoms with Crippen molar-refractivity contribution in [2.45, 2.75) is 45.6 Å². The van der Waals surface area contributed by atoms with Crippen molar-refractivity contribution in [2.75, 3.05) is 39.4 Å². The number of nitrogens with zero attached hydrogens (tertiary/aromatic N) is 1. The highest BCUT2D eigenvalue weighted by molar-refractivity contribution is 4.84. The van der Waals surface area contributed by atoms with Gasteiger partial charge in [0, 0.05) is 25.7 Å². The van der Waals surface area contributed by atoms with Crippen molar-refractivity contribution in [3.8, 4) is 0 Å². The lowest BCUT2D eigenvalue weighted by Crippen LogP contribution is -2.29. The van der Waals surface area contributed by atoms with Crippen molar-refractivity contribution in [1.82, 2.24) is 10.2 Å². The molecule has 1 aliphatic carbocycles. The lowest BCUT2D eigenvalue weighted by atomic mass is 10.1. The summed E-state index contributed by atoms with van der Waals surface area (Å²) in [6, 6.07) is 0.860. The predicted octanol–water partition coefficient (Wildman–Crippen LogP) is 2.12. The molecule has 1 aliphatic heterocycles. The predicted molar refractivity (Wildman–Crippen MR) is 75.8 cm³/mol. The first-order valence-electron chi connectivity index (χ1n) is 7.77.